The Morgan fingerprint density at radius 1 is 1.10 bits per heavy atom. The van der Waals surface area contributed by atoms with Gasteiger partial charge in [0.05, 0.1) is 16.5 Å². The molecule has 2 aromatic rings. The van der Waals surface area contributed by atoms with Gasteiger partial charge in [0, 0.05) is 21.9 Å². The molecule has 0 radical (unpaired) electrons. The number of anilines is 1. The minimum Gasteiger partial charge on any atom is -0.324 e. The van der Waals surface area contributed by atoms with Gasteiger partial charge in [-0.3, -0.25) is 25.2 Å². The zero-order chi connectivity index (χ0) is 21.2. The standard InChI is InChI=1S/C18H13ClF3N3O3S/c19-11-4-1-9(2-5-11)16(27)25-24-15(26)8-14-17(28)23-12-7-10(18(20,21)22)3-6-13(12)29-14/h1-7,14H,8H2,(H,23,28)(H,24,26)(H,25,27). The lowest BCUT2D eigenvalue weighted by Crippen LogP contribution is -2.44. The van der Waals surface area contributed by atoms with E-state index in [9.17, 15) is 27.6 Å². The lowest BCUT2D eigenvalue weighted by Gasteiger charge is -2.24. The molecule has 0 aliphatic carbocycles. The molecule has 0 spiro atoms. The van der Waals surface area contributed by atoms with Gasteiger partial charge in [0.15, 0.2) is 0 Å². The molecule has 3 rings (SSSR count). The summed E-state index contributed by atoms with van der Waals surface area (Å²) in [6, 6.07) is 8.98. The molecule has 1 heterocycles. The molecule has 6 nitrogen and oxygen atoms in total. The first-order valence-electron chi connectivity index (χ1n) is 8.17. The number of nitrogens with one attached hydrogen (secondary N) is 3. The maximum absolute atomic E-state index is 12.8. The van der Waals surface area contributed by atoms with Crippen molar-refractivity contribution in [2.45, 2.75) is 22.7 Å². The first-order chi connectivity index (χ1) is 13.6. The van der Waals surface area contributed by atoms with Crippen LogP contribution in [0.5, 0.6) is 0 Å². The Bertz CT molecular complexity index is 967. The first-order valence-corrected chi connectivity index (χ1v) is 9.43. The van der Waals surface area contributed by atoms with Gasteiger partial charge in [0.1, 0.15) is 0 Å². The van der Waals surface area contributed by atoms with Gasteiger partial charge in [-0.25, -0.2) is 0 Å². The summed E-state index contributed by atoms with van der Waals surface area (Å²) in [6.45, 7) is 0. The third-order valence-corrected chi connectivity index (χ3v) is 5.45. The van der Waals surface area contributed by atoms with Crippen LogP contribution in [0.25, 0.3) is 0 Å². The van der Waals surface area contributed by atoms with Crippen LogP contribution in [0.2, 0.25) is 5.02 Å². The van der Waals surface area contributed by atoms with Crippen molar-refractivity contribution in [3.8, 4) is 0 Å². The molecule has 11 heteroatoms. The second kappa shape index (κ2) is 8.34. The molecule has 0 saturated heterocycles. The summed E-state index contributed by atoms with van der Waals surface area (Å²) >= 11 is 6.71. The molecule has 3 amide bonds. The van der Waals surface area contributed by atoms with Crippen LogP contribution in [0.1, 0.15) is 22.3 Å². The fourth-order valence-electron chi connectivity index (χ4n) is 2.48. The van der Waals surface area contributed by atoms with Crippen molar-refractivity contribution >= 4 is 46.8 Å². The third kappa shape index (κ3) is 5.21. The Hall–Kier alpha value is -2.72. The number of amides is 3. The number of benzene rings is 2. The largest absolute Gasteiger partial charge is 0.416 e. The van der Waals surface area contributed by atoms with Gasteiger partial charge in [-0.1, -0.05) is 11.6 Å². The number of halogens is 4. The smallest absolute Gasteiger partial charge is 0.324 e. The number of hydrazine groups is 1. The van der Waals surface area contributed by atoms with E-state index < -0.39 is 34.7 Å². The fourth-order valence-corrected chi connectivity index (χ4v) is 3.70. The van der Waals surface area contributed by atoms with Crippen molar-refractivity contribution in [3.63, 3.8) is 0 Å². The first kappa shape index (κ1) is 21.0. The molecule has 0 fully saturated rings. The van der Waals surface area contributed by atoms with Crippen molar-refractivity contribution in [1.82, 2.24) is 10.9 Å². The third-order valence-electron chi connectivity index (χ3n) is 3.92. The molecule has 1 aliphatic rings. The molecular formula is C18H13ClF3N3O3S. The van der Waals surface area contributed by atoms with Gasteiger partial charge in [-0.05, 0) is 42.5 Å². The number of fused-ring (bicyclic) bond motifs is 1. The summed E-state index contributed by atoms with van der Waals surface area (Å²) in [5.74, 6) is -1.79. The quantitative estimate of drug-likeness (QED) is 0.632. The number of thioether (sulfide) groups is 1. The average Bonchev–Trinajstić information content (AvgIpc) is 2.66. The van der Waals surface area contributed by atoms with E-state index in [4.69, 9.17) is 11.6 Å². The van der Waals surface area contributed by atoms with Crippen molar-refractivity contribution in [3.05, 3.63) is 58.6 Å². The second-order valence-corrected chi connectivity index (χ2v) is 7.70. The molecule has 152 valence electrons. The maximum Gasteiger partial charge on any atom is 0.416 e. The number of alkyl halides is 3. The summed E-state index contributed by atoms with van der Waals surface area (Å²) < 4.78 is 38.3. The van der Waals surface area contributed by atoms with Gasteiger partial charge in [-0.2, -0.15) is 13.2 Å². The van der Waals surface area contributed by atoms with E-state index in [0.717, 1.165) is 23.9 Å². The molecule has 0 saturated carbocycles. The molecule has 3 N–H and O–H groups in total. The predicted molar refractivity (Wildman–Crippen MR) is 101 cm³/mol. The van der Waals surface area contributed by atoms with Crippen LogP contribution in [-0.2, 0) is 15.8 Å². The Morgan fingerprint density at radius 2 is 1.79 bits per heavy atom. The van der Waals surface area contributed by atoms with E-state index in [-0.39, 0.29) is 17.7 Å². The highest BCUT2D eigenvalue weighted by atomic mass is 35.5. The Balaban J connectivity index is 1.58. The number of hydrogen-bond acceptors (Lipinski definition) is 4. The van der Waals surface area contributed by atoms with E-state index >= 15 is 0 Å². The van der Waals surface area contributed by atoms with Crippen LogP contribution in [0.15, 0.2) is 47.4 Å². The minimum absolute atomic E-state index is 0.0440. The van der Waals surface area contributed by atoms with E-state index in [0.29, 0.717) is 9.92 Å². The number of carbonyl (C=O) groups excluding carboxylic acids is 3. The van der Waals surface area contributed by atoms with Gasteiger partial charge >= 0.3 is 6.18 Å². The molecule has 1 aliphatic heterocycles. The summed E-state index contributed by atoms with van der Waals surface area (Å²) in [5, 5.41) is 1.98. The lowest BCUT2D eigenvalue weighted by molar-refractivity contribution is -0.137. The molecule has 1 unspecified atom stereocenters. The van der Waals surface area contributed by atoms with Gasteiger partial charge in [0.2, 0.25) is 11.8 Å². The van der Waals surface area contributed by atoms with Gasteiger partial charge in [0.25, 0.3) is 5.91 Å². The topological polar surface area (TPSA) is 87.3 Å². The highest BCUT2D eigenvalue weighted by molar-refractivity contribution is 8.01. The Kier molecular flexibility index (Phi) is 6.04. The van der Waals surface area contributed by atoms with E-state index in [1.165, 1.54) is 30.3 Å². The van der Waals surface area contributed by atoms with Crippen LogP contribution in [0.4, 0.5) is 18.9 Å². The molecule has 0 aromatic heterocycles. The van der Waals surface area contributed by atoms with Crippen LogP contribution in [0, 0.1) is 0 Å². The van der Waals surface area contributed by atoms with Gasteiger partial charge < -0.3 is 5.32 Å². The zero-order valence-corrected chi connectivity index (χ0v) is 16.0. The average molecular weight is 444 g/mol. The minimum atomic E-state index is -4.52. The summed E-state index contributed by atoms with van der Waals surface area (Å²) in [6.07, 6.45) is -4.80. The van der Waals surface area contributed by atoms with Crippen molar-refractivity contribution in [1.29, 1.82) is 0 Å². The highest BCUT2D eigenvalue weighted by Gasteiger charge is 2.34. The summed E-state index contributed by atoms with van der Waals surface area (Å²) in [5.41, 5.74) is 3.86. The SMILES string of the molecule is O=C(CC1Sc2ccc(C(F)(F)F)cc2NC1=O)NNC(=O)c1ccc(Cl)cc1. The number of hydrogen-bond donors (Lipinski definition) is 3. The second-order valence-electron chi connectivity index (χ2n) is 6.02. The predicted octanol–water partition coefficient (Wildman–Crippen LogP) is 3.62. The fraction of sp³-hybridized carbons (Fsp3) is 0.167. The van der Waals surface area contributed by atoms with Crippen LogP contribution in [-0.4, -0.2) is 23.0 Å². The number of rotatable bonds is 3. The van der Waals surface area contributed by atoms with Crippen LogP contribution >= 0.6 is 23.4 Å². The summed E-state index contributed by atoms with van der Waals surface area (Å²) in [4.78, 5) is 36.6. The summed E-state index contributed by atoms with van der Waals surface area (Å²) in [7, 11) is 0. The van der Waals surface area contributed by atoms with Crippen LogP contribution in [0.3, 0.4) is 0 Å². The van der Waals surface area contributed by atoms with Gasteiger partial charge in [-0.15, -0.1) is 11.8 Å². The number of carbonyl (C=O) groups is 3. The zero-order valence-electron chi connectivity index (χ0n) is 14.5. The van der Waals surface area contributed by atoms with E-state index in [2.05, 4.69) is 16.2 Å². The molecular weight excluding hydrogens is 431 g/mol. The molecule has 0 bridgehead atoms. The Morgan fingerprint density at radius 3 is 2.45 bits per heavy atom. The maximum atomic E-state index is 12.8. The van der Waals surface area contributed by atoms with Crippen molar-refractivity contribution in [2.75, 3.05) is 5.32 Å². The van der Waals surface area contributed by atoms with Crippen molar-refractivity contribution < 1.29 is 27.6 Å². The highest BCUT2D eigenvalue weighted by Crippen LogP contribution is 2.40. The van der Waals surface area contributed by atoms with E-state index in [1.54, 1.807) is 0 Å². The molecule has 1 atom stereocenters. The molecule has 29 heavy (non-hydrogen) atoms. The van der Waals surface area contributed by atoms with Crippen LogP contribution < -0.4 is 16.2 Å². The lowest BCUT2D eigenvalue weighted by atomic mass is 10.1. The van der Waals surface area contributed by atoms with Crippen molar-refractivity contribution in [2.24, 2.45) is 0 Å². The monoisotopic (exact) mass is 443 g/mol. The Labute approximate surface area is 172 Å². The molecule has 2 aromatic carbocycles. The normalized spacial score (nSPS) is 15.9. The van der Waals surface area contributed by atoms with E-state index in [1.807, 2.05) is 0 Å².